The highest BCUT2D eigenvalue weighted by Gasteiger charge is 2.36. The van der Waals surface area contributed by atoms with Gasteiger partial charge in [-0.25, -0.2) is 13.2 Å². The molecule has 0 aliphatic heterocycles. The number of carboxylic acid groups (broad SMARTS) is 1. The molecule has 7 heteroatoms. The molecule has 0 radical (unpaired) electrons. The summed E-state index contributed by atoms with van der Waals surface area (Å²) in [6.07, 6.45) is 2.14. The molecule has 1 aliphatic carbocycles. The van der Waals surface area contributed by atoms with Crippen LogP contribution < -0.4 is 5.32 Å². The van der Waals surface area contributed by atoms with Crippen molar-refractivity contribution in [3.63, 3.8) is 0 Å². The van der Waals surface area contributed by atoms with Crippen LogP contribution in [0.25, 0.3) is 0 Å². The van der Waals surface area contributed by atoms with Crippen molar-refractivity contribution in [2.45, 2.75) is 25.7 Å². The Morgan fingerprint density at radius 2 is 1.67 bits per heavy atom. The van der Waals surface area contributed by atoms with E-state index in [-0.39, 0.29) is 0 Å². The SMILES string of the molecule is O=C(O)[C@@H]1CCCC[C@H]1C(=O)Nc1ccc(F)c(F)c1F. The highest BCUT2D eigenvalue weighted by atomic mass is 19.2. The smallest absolute Gasteiger partial charge is 0.307 e. The lowest BCUT2D eigenvalue weighted by Gasteiger charge is -2.27. The number of halogens is 3. The van der Waals surface area contributed by atoms with E-state index in [4.69, 9.17) is 5.11 Å². The molecule has 1 aromatic carbocycles. The standard InChI is InChI=1S/C14H14F3NO3/c15-9-5-6-10(12(17)11(9)16)18-13(19)7-3-1-2-4-8(7)14(20)21/h5-8H,1-4H2,(H,18,19)(H,20,21)/t7-,8-/m1/s1. The molecule has 1 fully saturated rings. The minimum absolute atomic E-state index is 0.369. The van der Waals surface area contributed by atoms with Gasteiger partial charge in [0.05, 0.1) is 17.5 Å². The van der Waals surface area contributed by atoms with E-state index in [2.05, 4.69) is 5.32 Å². The maximum absolute atomic E-state index is 13.5. The van der Waals surface area contributed by atoms with Crippen molar-refractivity contribution in [3.05, 3.63) is 29.6 Å². The van der Waals surface area contributed by atoms with Crippen LogP contribution in [0, 0.1) is 29.3 Å². The molecule has 0 spiro atoms. The van der Waals surface area contributed by atoms with Gasteiger partial charge in [-0.2, -0.15) is 0 Å². The lowest BCUT2D eigenvalue weighted by molar-refractivity contribution is -0.147. The summed E-state index contributed by atoms with van der Waals surface area (Å²) in [5, 5.41) is 11.2. The van der Waals surface area contributed by atoms with Gasteiger partial charge >= 0.3 is 5.97 Å². The number of nitrogens with one attached hydrogen (secondary N) is 1. The van der Waals surface area contributed by atoms with Crippen molar-refractivity contribution in [1.82, 2.24) is 0 Å². The molecule has 0 unspecified atom stereocenters. The van der Waals surface area contributed by atoms with Gasteiger partial charge in [-0.3, -0.25) is 9.59 Å². The molecule has 21 heavy (non-hydrogen) atoms. The van der Waals surface area contributed by atoms with Crippen molar-refractivity contribution in [2.75, 3.05) is 5.32 Å². The second kappa shape index (κ2) is 6.15. The Morgan fingerprint density at radius 3 is 2.29 bits per heavy atom. The number of hydrogen-bond acceptors (Lipinski definition) is 2. The normalized spacial score (nSPS) is 21.9. The van der Waals surface area contributed by atoms with Gasteiger partial charge in [-0.05, 0) is 25.0 Å². The van der Waals surface area contributed by atoms with E-state index in [1.165, 1.54) is 0 Å². The molecule has 1 aromatic rings. The van der Waals surface area contributed by atoms with Gasteiger partial charge in [0.2, 0.25) is 5.91 Å². The molecule has 0 saturated heterocycles. The molecule has 2 N–H and O–H groups in total. The Hall–Kier alpha value is -2.05. The monoisotopic (exact) mass is 301 g/mol. The summed E-state index contributed by atoms with van der Waals surface area (Å²) >= 11 is 0. The number of benzene rings is 1. The van der Waals surface area contributed by atoms with Crippen molar-refractivity contribution < 1.29 is 27.9 Å². The largest absolute Gasteiger partial charge is 0.481 e. The molecule has 0 aromatic heterocycles. The summed E-state index contributed by atoms with van der Waals surface area (Å²) in [7, 11) is 0. The molecule has 1 saturated carbocycles. The average Bonchev–Trinajstić information content (AvgIpc) is 2.47. The number of hydrogen-bond donors (Lipinski definition) is 2. The quantitative estimate of drug-likeness (QED) is 0.844. The number of carbonyl (C=O) groups is 2. The summed E-state index contributed by atoms with van der Waals surface area (Å²) in [6, 6.07) is 1.60. The van der Waals surface area contributed by atoms with Crippen LogP contribution in [0.5, 0.6) is 0 Å². The first-order chi connectivity index (χ1) is 9.91. The van der Waals surface area contributed by atoms with E-state index in [1.807, 2.05) is 0 Å². The highest BCUT2D eigenvalue weighted by Crippen LogP contribution is 2.31. The Bertz CT molecular complexity index is 577. The summed E-state index contributed by atoms with van der Waals surface area (Å²) in [5.74, 6) is -7.94. The topological polar surface area (TPSA) is 66.4 Å². The van der Waals surface area contributed by atoms with Crippen LogP contribution in [0.3, 0.4) is 0 Å². The molecule has 0 bridgehead atoms. The van der Waals surface area contributed by atoms with Crippen molar-refractivity contribution in [3.8, 4) is 0 Å². The van der Waals surface area contributed by atoms with Crippen LogP contribution in [0.15, 0.2) is 12.1 Å². The minimum atomic E-state index is -1.67. The van der Waals surface area contributed by atoms with E-state index in [0.717, 1.165) is 6.07 Å². The number of aliphatic carboxylic acids is 1. The zero-order valence-electron chi connectivity index (χ0n) is 11.0. The van der Waals surface area contributed by atoms with Crippen LogP contribution in [0.1, 0.15) is 25.7 Å². The van der Waals surface area contributed by atoms with Crippen LogP contribution >= 0.6 is 0 Å². The Morgan fingerprint density at radius 1 is 1.05 bits per heavy atom. The summed E-state index contributed by atoms with van der Waals surface area (Å²) in [6.45, 7) is 0. The van der Waals surface area contributed by atoms with E-state index in [9.17, 15) is 22.8 Å². The predicted octanol–water partition coefficient (Wildman–Crippen LogP) is 2.93. The van der Waals surface area contributed by atoms with Crippen molar-refractivity contribution >= 4 is 17.6 Å². The number of carbonyl (C=O) groups excluding carboxylic acids is 1. The first-order valence-corrected chi connectivity index (χ1v) is 6.59. The van der Waals surface area contributed by atoms with E-state index in [0.29, 0.717) is 31.7 Å². The van der Waals surface area contributed by atoms with Gasteiger partial charge in [0.15, 0.2) is 17.5 Å². The third kappa shape index (κ3) is 3.17. The molecule has 2 rings (SSSR count). The van der Waals surface area contributed by atoms with Gasteiger partial charge < -0.3 is 10.4 Å². The van der Waals surface area contributed by atoms with Gasteiger partial charge in [-0.1, -0.05) is 12.8 Å². The first kappa shape index (κ1) is 15.3. The van der Waals surface area contributed by atoms with Crippen LogP contribution in [0.2, 0.25) is 0 Å². The molecular formula is C14H14F3NO3. The zero-order valence-corrected chi connectivity index (χ0v) is 11.0. The maximum Gasteiger partial charge on any atom is 0.307 e. The van der Waals surface area contributed by atoms with E-state index >= 15 is 0 Å². The molecule has 114 valence electrons. The van der Waals surface area contributed by atoms with Crippen molar-refractivity contribution in [1.29, 1.82) is 0 Å². The fraction of sp³-hybridized carbons (Fsp3) is 0.429. The number of carboxylic acids is 1. The van der Waals surface area contributed by atoms with Crippen LogP contribution in [-0.4, -0.2) is 17.0 Å². The number of anilines is 1. The van der Waals surface area contributed by atoms with Gasteiger partial charge in [0, 0.05) is 0 Å². The first-order valence-electron chi connectivity index (χ1n) is 6.59. The van der Waals surface area contributed by atoms with E-state index < -0.39 is 46.9 Å². The van der Waals surface area contributed by atoms with E-state index in [1.54, 1.807) is 0 Å². The second-order valence-corrected chi connectivity index (χ2v) is 5.05. The zero-order chi connectivity index (χ0) is 15.6. The third-order valence-electron chi connectivity index (χ3n) is 3.71. The minimum Gasteiger partial charge on any atom is -0.481 e. The lowest BCUT2D eigenvalue weighted by atomic mass is 9.78. The summed E-state index contributed by atoms with van der Waals surface area (Å²) in [4.78, 5) is 23.2. The van der Waals surface area contributed by atoms with Crippen LogP contribution in [0.4, 0.5) is 18.9 Å². The molecule has 0 heterocycles. The highest BCUT2D eigenvalue weighted by molar-refractivity contribution is 5.95. The number of amides is 1. The maximum atomic E-state index is 13.5. The molecular weight excluding hydrogens is 287 g/mol. The lowest BCUT2D eigenvalue weighted by Crippen LogP contribution is -2.36. The predicted molar refractivity (Wildman–Crippen MR) is 68.0 cm³/mol. The van der Waals surface area contributed by atoms with Crippen molar-refractivity contribution in [2.24, 2.45) is 11.8 Å². The molecule has 4 nitrogen and oxygen atoms in total. The second-order valence-electron chi connectivity index (χ2n) is 5.05. The Labute approximate surface area is 119 Å². The van der Waals surface area contributed by atoms with Gasteiger partial charge in [0.1, 0.15) is 0 Å². The Balaban J connectivity index is 2.17. The fourth-order valence-electron chi connectivity index (χ4n) is 2.59. The summed E-state index contributed by atoms with van der Waals surface area (Å²) in [5.41, 5.74) is -0.492. The van der Waals surface area contributed by atoms with Crippen LogP contribution in [-0.2, 0) is 9.59 Å². The molecule has 1 amide bonds. The van der Waals surface area contributed by atoms with Gasteiger partial charge in [-0.15, -0.1) is 0 Å². The average molecular weight is 301 g/mol. The Kier molecular flexibility index (Phi) is 4.50. The third-order valence-corrected chi connectivity index (χ3v) is 3.71. The number of rotatable bonds is 3. The summed E-state index contributed by atoms with van der Waals surface area (Å²) < 4.78 is 39.4. The fourth-order valence-corrected chi connectivity index (χ4v) is 2.59. The van der Waals surface area contributed by atoms with Gasteiger partial charge in [0.25, 0.3) is 0 Å². The molecule has 1 aliphatic rings. The molecule has 2 atom stereocenters.